The van der Waals surface area contributed by atoms with Crippen LogP contribution in [-0.2, 0) is 4.79 Å². The van der Waals surface area contributed by atoms with Gasteiger partial charge in [0, 0.05) is 19.1 Å². The Kier molecular flexibility index (Phi) is 3.27. The number of aliphatic carboxylic acids is 1. The van der Waals surface area contributed by atoms with Crippen molar-refractivity contribution in [1.29, 1.82) is 0 Å². The summed E-state index contributed by atoms with van der Waals surface area (Å²) in [4.78, 5) is 15.0. The standard InChI is InChI=1S/C9H18N2O2/c1-10(2)8-4-7(9(12)13)5-11(3)6-8/h7-8H,4-6H2,1-3H3,(H,12,13). The molecule has 1 aliphatic rings. The predicted octanol–water partition coefficient (Wildman–Crippen LogP) is -0.0471. The Morgan fingerprint density at radius 2 is 2.08 bits per heavy atom. The van der Waals surface area contributed by atoms with Gasteiger partial charge in [0.1, 0.15) is 0 Å². The average Bonchev–Trinajstić information content (AvgIpc) is 2.03. The van der Waals surface area contributed by atoms with Gasteiger partial charge < -0.3 is 14.9 Å². The van der Waals surface area contributed by atoms with Crippen molar-refractivity contribution in [2.24, 2.45) is 5.92 Å². The van der Waals surface area contributed by atoms with Gasteiger partial charge in [0.15, 0.2) is 0 Å². The van der Waals surface area contributed by atoms with Crippen LogP contribution in [-0.4, -0.2) is 61.2 Å². The first kappa shape index (κ1) is 10.5. The highest BCUT2D eigenvalue weighted by Crippen LogP contribution is 2.18. The third kappa shape index (κ3) is 2.67. The molecule has 0 aromatic carbocycles. The second kappa shape index (κ2) is 4.07. The second-order valence-corrected chi connectivity index (χ2v) is 4.11. The van der Waals surface area contributed by atoms with Gasteiger partial charge in [-0.3, -0.25) is 4.79 Å². The number of hydrogen-bond donors (Lipinski definition) is 1. The fourth-order valence-corrected chi connectivity index (χ4v) is 1.84. The van der Waals surface area contributed by atoms with Crippen molar-refractivity contribution < 1.29 is 9.90 Å². The van der Waals surface area contributed by atoms with Crippen LogP contribution in [0.3, 0.4) is 0 Å². The Morgan fingerprint density at radius 1 is 1.46 bits per heavy atom. The Labute approximate surface area is 79.1 Å². The first-order valence-electron chi connectivity index (χ1n) is 4.58. The van der Waals surface area contributed by atoms with Crippen LogP contribution in [0, 0.1) is 5.92 Å². The number of carboxylic acid groups (broad SMARTS) is 1. The van der Waals surface area contributed by atoms with E-state index in [-0.39, 0.29) is 5.92 Å². The van der Waals surface area contributed by atoms with Crippen LogP contribution >= 0.6 is 0 Å². The molecule has 1 heterocycles. The summed E-state index contributed by atoms with van der Waals surface area (Å²) < 4.78 is 0. The minimum atomic E-state index is -0.668. The third-order valence-corrected chi connectivity index (χ3v) is 2.69. The van der Waals surface area contributed by atoms with Crippen molar-refractivity contribution in [3.63, 3.8) is 0 Å². The topological polar surface area (TPSA) is 43.8 Å². The van der Waals surface area contributed by atoms with E-state index in [2.05, 4.69) is 9.80 Å². The van der Waals surface area contributed by atoms with Crippen LogP contribution in [0.5, 0.6) is 0 Å². The van der Waals surface area contributed by atoms with E-state index in [1.165, 1.54) is 0 Å². The van der Waals surface area contributed by atoms with Crippen LogP contribution in [0.15, 0.2) is 0 Å². The third-order valence-electron chi connectivity index (χ3n) is 2.69. The molecule has 0 bridgehead atoms. The molecule has 2 unspecified atom stereocenters. The molecule has 0 aromatic heterocycles. The molecular weight excluding hydrogens is 168 g/mol. The maximum atomic E-state index is 10.8. The Hall–Kier alpha value is -0.610. The molecule has 0 amide bonds. The fourth-order valence-electron chi connectivity index (χ4n) is 1.84. The Morgan fingerprint density at radius 3 is 2.54 bits per heavy atom. The van der Waals surface area contributed by atoms with Crippen LogP contribution in [0.1, 0.15) is 6.42 Å². The van der Waals surface area contributed by atoms with Gasteiger partial charge in [-0.15, -0.1) is 0 Å². The van der Waals surface area contributed by atoms with E-state index in [0.717, 1.165) is 13.0 Å². The molecule has 0 saturated carbocycles. The monoisotopic (exact) mass is 186 g/mol. The van der Waals surface area contributed by atoms with Gasteiger partial charge in [0.25, 0.3) is 0 Å². The minimum absolute atomic E-state index is 0.203. The minimum Gasteiger partial charge on any atom is -0.481 e. The first-order chi connectivity index (χ1) is 6.00. The zero-order chi connectivity index (χ0) is 10.0. The largest absolute Gasteiger partial charge is 0.481 e. The molecule has 0 radical (unpaired) electrons. The van der Waals surface area contributed by atoms with Crippen molar-refractivity contribution in [3.8, 4) is 0 Å². The molecule has 0 aromatic rings. The van der Waals surface area contributed by atoms with E-state index in [4.69, 9.17) is 5.11 Å². The number of carbonyl (C=O) groups is 1. The summed E-state index contributed by atoms with van der Waals surface area (Å²) >= 11 is 0. The van der Waals surface area contributed by atoms with Crippen molar-refractivity contribution >= 4 is 5.97 Å². The van der Waals surface area contributed by atoms with E-state index in [1.807, 2.05) is 21.1 Å². The van der Waals surface area contributed by atoms with Crippen molar-refractivity contribution in [3.05, 3.63) is 0 Å². The average molecular weight is 186 g/mol. The van der Waals surface area contributed by atoms with Gasteiger partial charge in [-0.2, -0.15) is 0 Å². The highest BCUT2D eigenvalue weighted by Gasteiger charge is 2.30. The van der Waals surface area contributed by atoms with Gasteiger partial charge in [-0.25, -0.2) is 0 Å². The number of hydrogen-bond acceptors (Lipinski definition) is 3. The fraction of sp³-hybridized carbons (Fsp3) is 0.889. The van der Waals surface area contributed by atoms with E-state index in [1.54, 1.807) is 0 Å². The Balaban J connectivity index is 2.57. The van der Waals surface area contributed by atoms with Gasteiger partial charge in [0.05, 0.1) is 5.92 Å². The maximum Gasteiger partial charge on any atom is 0.307 e. The van der Waals surface area contributed by atoms with E-state index in [0.29, 0.717) is 12.6 Å². The molecule has 4 heteroatoms. The van der Waals surface area contributed by atoms with Crippen LogP contribution in [0.25, 0.3) is 0 Å². The van der Waals surface area contributed by atoms with E-state index >= 15 is 0 Å². The van der Waals surface area contributed by atoms with Gasteiger partial charge in [-0.1, -0.05) is 0 Å². The van der Waals surface area contributed by atoms with E-state index in [9.17, 15) is 4.79 Å². The van der Waals surface area contributed by atoms with Crippen molar-refractivity contribution in [2.45, 2.75) is 12.5 Å². The lowest BCUT2D eigenvalue weighted by Gasteiger charge is -2.37. The number of piperidine rings is 1. The van der Waals surface area contributed by atoms with Gasteiger partial charge in [-0.05, 0) is 27.6 Å². The number of nitrogens with zero attached hydrogens (tertiary/aromatic N) is 2. The lowest BCUT2D eigenvalue weighted by atomic mass is 9.94. The number of rotatable bonds is 2. The number of likely N-dealkylation sites (N-methyl/N-ethyl adjacent to an activating group) is 2. The summed E-state index contributed by atoms with van der Waals surface area (Å²) in [5, 5.41) is 8.91. The van der Waals surface area contributed by atoms with Crippen molar-refractivity contribution in [2.75, 3.05) is 34.2 Å². The normalized spacial score (nSPS) is 30.8. The molecule has 76 valence electrons. The molecule has 1 N–H and O–H groups in total. The zero-order valence-corrected chi connectivity index (χ0v) is 8.53. The molecule has 1 aliphatic heterocycles. The van der Waals surface area contributed by atoms with Crippen LogP contribution in [0.2, 0.25) is 0 Å². The molecule has 2 atom stereocenters. The smallest absolute Gasteiger partial charge is 0.307 e. The molecule has 1 saturated heterocycles. The summed E-state index contributed by atoms with van der Waals surface area (Å²) in [6, 6.07) is 0.375. The summed E-state index contributed by atoms with van der Waals surface area (Å²) in [5.41, 5.74) is 0. The molecule has 1 fully saturated rings. The van der Waals surface area contributed by atoms with Gasteiger partial charge in [0.2, 0.25) is 0 Å². The predicted molar refractivity (Wildman–Crippen MR) is 50.7 cm³/mol. The first-order valence-corrected chi connectivity index (χ1v) is 4.58. The number of likely N-dealkylation sites (tertiary alicyclic amines) is 1. The maximum absolute atomic E-state index is 10.8. The lowest BCUT2D eigenvalue weighted by Crippen LogP contribution is -2.48. The van der Waals surface area contributed by atoms with Gasteiger partial charge >= 0.3 is 5.97 Å². The molecule has 1 rings (SSSR count). The number of carboxylic acids is 1. The van der Waals surface area contributed by atoms with Crippen LogP contribution in [0.4, 0.5) is 0 Å². The summed E-state index contributed by atoms with van der Waals surface area (Å²) in [6.45, 7) is 1.65. The van der Waals surface area contributed by atoms with E-state index < -0.39 is 5.97 Å². The molecule has 4 nitrogen and oxygen atoms in total. The summed E-state index contributed by atoms with van der Waals surface area (Å²) in [6.07, 6.45) is 0.771. The molecule has 0 aliphatic carbocycles. The quantitative estimate of drug-likeness (QED) is 0.657. The second-order valence-electron chi connectivity index (χ2n) is 4.11. The SMILES string of the molecule is CN1CC(C(=O)O)CC(N(C)C)C1. The van der Waals surface area contributed by atoms with Crippen LogP contribution < -0.4 is 0 Å². The molecular formula is C9H18N2O2. The lowest BCUT2D eigenvalue weighted by molar-refractivity contribution is -0.144. The molecule has 0 spiro atoms. The summed E-state index contributed by atoms with van der Waals surface area (Å²) in [7, 11) is 5.98. The molecule has 13 heavy (non-hydrogen) atoms. The highest BCUT2D eigenvalue weighted by molar-refractivity contribution is 5.70. The summed E-state index contributed by atoms with van der Waals surface area (Å²) in [5.74, 6) is -0.871. The Bertz CT molecular complexity index is 194. The van der Waals surface area contributed by atoms with Crippen molar-refractivity contribution in [1.82, 2.24) is 9.80 Å². The highest BCUT2D eigenvalue weighted by atomic mass is 16.4. The zero-order valence-electron chi connectivity index (χ0n) is 8.53.